The van der Waals surface area contributed by atoms with Crippen LogP contribution in [0.3, 0.4) is 0 Å². The number of rotatable bonds is 6. The van der Waals surface area contributed by atoms with Crippen molar-refractivity contribution in [1.29, 1.82) is 0 Å². The normalized spacial score (nSPS) is 13.4. The average molecular weight is 241 g/mol. The van der Waals surface area contributed by atoms with Crippen LogP contribution in [0.2, 0.25) is 0 Å². The highest BCUT2D eigenvalue weighted by Crippen LogP contribution is 2.16. The summed E-state index contributed by atoms with van der Waals surface area (Å²) in [5.41, 5.74) is 2.20. The molecule has 1 atom stereocenters. The van der Waals surface area contributed by atoms with E-state index in [4.69, 9.17) is 0 Å². The molecule has 3 heteroatoms. The third kappa shape index (κ3) is 4.43. The van der Waals surface area contributed by atoms with Gasteiger partial charge in [0.2, 0.25) is 0 Å². The van der Waals surface area contributed by atoms with Crippen molar-refractivity contribution in [2.24, 2.45) is 0 Å². The van der Waals surface area contributed by atoms with Gasteiger partial charge < -0.3 is 5.32 Å². The predicted octanol–water partition coefficient (Wildman–Crippen LogP) is 3.60. The van der Waals surface area contributed by atoms with Crippen molar-refractivity contribution in [3.8, 4) is 0 Å². The Hall–Kier alpha value is -0.960. The molecule has 1 N–H and O–H groups in total. The second-order valence-corrected chi connectivity index (χ2v) is 4.60. The summed E-state index contributed by atoms with van der Waals surface area (Å²) in [5.74, 6) is 0.476. The van der Waals surface area contributed by atoms with Crippen LogP contribution < -0.4 is 5.32 Å². The van der Waals surface area contributed by atoms with E-state index in [0.29, 0.717) is 18.9 Å². The molecule has 17 heavy (non-hydrogen) atoms. The number of hydrogen-bond acceptors (Lipinski definition) is 1. The Bertz CT molecular complexity index is 319. The summed E-state index contributed by atoms with van der Waals surface area (Å²) < 4.78 is 25.4. The molecule has 0 aliphatic heterocycles. The summed E-state index contributed by atoms with van der Waals surface area (Å²) in [6.45, 7) is 6.65. The van der Waals surface area contributed by atoms with Crippen molar-refractivity contribution in [2.75, 3.05) is 6.54 Å². The summed E-state index contributed by atoms with van der Waals surface area (Å²) in [5, 5.41) is 2.82. The van der Waals surface area contributed by atoms with Crippen molar-refractivity contribution in [1.82, 2.24) is 5.32 Å². The summed E-state index contributed by atoms with van der Waals surface area (Å²) in [7, 11) is 0. The Labute approximate surface area is 102 Å². The van der Waals surface area contributed by atoms with E-state index in [2.05, 4.69) is 19.2 Å². The standard InChI is InChI=1S/C14H21F2N/c1-4-17-13(14(15)16)9-11-5-7-12(8-6-11)10(2)3/h5-8,10,13-14,17H,4,9H2,1-3H3. The topological polar surface area (TPSA) is 12.0 Å². The van der Waals surface area contributed by atoms with E-state index in [1.807, 2.05) is 31.2 Å². The molecule has 0 aliphatic carbocycles. The first-order valence-electron chi connectivity index (χ1n) is 6.15. The lowest BCUT2D eigenvalue weighted by Crippen LogP contribution is -2.37. The fourth-order valence-corrected chi connectivity index (χ4v) is 1.81. The summed E-state index contributed by atoms with van der Waals surface area (Å²) in [4.78, 5) is 0. The van der Waals surface area contributed by atoms with Gasteiger partial charge >= 0.3 is 0 Å². The monoisotopic (exact) mass is 241 g/mol. The number of benzene rings is 1. The molecule has 0 aromatic heterocycles. The molecule has 0 radical (unpaired) electrons. The van der Waals surface area contributed by atoms with E-state index in [1.54, 1.807) is 0 Å². The van der Waals surface area contributed by atoms with Crippen LogP contribution in [0.4, 0.5) is 8.78 Å². The maximum Gasteiger partial charge on any atom is 0.254 e. The number of likely N-dealkylation sites (N-methyl/N-ethyl adjacent to an activating group) is 1. The molecule has 1 unspecified atom stereocenters. The maximum atomic E-state index is 12.7. The fraction of sp³-hybridized carbons (Fsp3) is 0.571. The highest BCUT2D eigenvalue weighted by atomic mass is 19.3. The minimum atomic E-state index is -2.32. The van der Waals surface area contributed by atoms with Gasteiger partial charge in [-0.1, -0.05) is 45.0 Å². The van der Waals surface area contributed by atoms with Crippen molar-refractivity contribution < 1.29 is 8.78 Å². The van der Waals surface area contributed by atoms with E-state index in [-0.39, 0.29) is 0 Å². The molecule has 0 heterocycles. The summed E-state index contributed by atoms with van der Waals surface area (Å²) in [6, 6.07) is 7.19. The minimum absolute atomic E-state index is 0.379. The lowest BCUT2D eigenvalue weighted by atomic mass is 9.99. The lowest BCUT2D eigenvalue weighted by Gasteiger charge is -2.17. The molecule has 96 valence electrons. The second-order valence-electron chi connectivity index (χ2n) is 4.60. The van der Waals surface area contributed by atoms with E-state index in [9.17, 15) is 8.78 Å². The van der Waals surface area contributed by atoms with E-state index in [1.165, 1.54) is 5.56 Å². The zero-order valence-electron chi connectivity index (χ0n) is 10.7. The van der Waals surface area contributed by atoms with Gasteiger partial charge in [0.15, 0.2) is 0 Å². The summed E-state index contributed by atoms with van der Waals surface area (Å²) in [6.07, 6.45) is -1.94. The Kier molecular flexibility index (Phi) is 5.56. The lowest BCUT2D eigenvalue weighted by molar-refractivity contribution is 0.0991. The van der Waals surface area contributed by atoms with Crippen LogP contribution in [0.25, 0.3) is 0 Å². The van der Waals surface area contributed by atoms with Gasteiger partial charge in [-0.05, 0) is 30.0 Å². The van der Waals surface area contributed by atoms with Crippen LogP contribution in [-0.4, -0.2) is 19.0 Å². The van der Waals surface area contributed by atoms with Gasteiger partial charge in [-0.25, -0.2) is 8.78 Å². The first-order chi connectivity index (χ1) is 8.04. The van der Waals surface area contributed by atoms with Crippen molar-refractivity contribution >= 4 is 0 Å². The maximum absolute atomic E-state index is 12.7. The molecular weight excluding hydrogens is 220 g/mol. The SMILES string of the molecule is CCNC(Cc1ccc(C(C)C)cc1)C(F)F. The Balaban J connectivity index is 2.66. The number of halogens is 2. The Morgan fingerprint density at radius 2 is 1.71 bits per heavy atom. The highest BCUT2D eigenvalue weighted by Gasteiger charge is 2.19. The van der Waals surface area contributed by atoms with Crippen molar-refractivity contribution in [3.63, 3.8) is 0 Å². The van der Waals surface area contributed by atoms with Crippen LogP contribution in [0.1, 0.15) is 37.8 Å². The molecule has 0 saturated carbocycles. The molecule has 0 saturated heterocycles. The molecule has 0 amide bonds. The number of nitrogens with one attached hydrogen (secondary N) is 1. The Morgan fingerprint density at radius 1 is 1.12 bits per heavy atom. The van der Waals surface area contributed by atoms with E-state index >= 15 is 0 Å². The molecule has 1 nitrogen and oxygen atoms in total. The smallest absolute Gasteiger partial charge is 0.254 e. The third-order valence-corrected chi connectivity index (χ3v) is 2.87. The van der Waals surface area contributed by atoms with Gasteiger partial charge in [-0.15, -0.1) is 0 Å². The van der Waals surface area contributed by atoms with Gasteiger partial charge in [0.05, 0.1) is 6.04 Å². The summed E-state index contributed by atoms with van der Waals surface area (Å²) >= 11 is 0. The predicted molar refractivity (Wildman–Crippen MR) is 67.7 cm³/mol. The number of hydrogen-bond donors (Lipinski definition) is 1. The number of alkyl halides is 2. The first-order valence-corrected chi connectivity index (χ1v) is 6.15. The van der Waals surface area contributed by atoms with Crippen LogP contribution in [0, 0.1) is 0 Å². The van der Waals surface area contributed by atoms with Crippen LogP contribution in [0.15, 0.2) is 24.3 Å². The van der Waals surface area contributed by atoms with Crippen molar-refractivity contribution in [2.45, 2.75) is 45.6 Å². The van der Waals surface area contributed by atoms with Gasteiger partial charge in [0, 0.05) is 0 Å². The van der Waals surface area contributed by atoms with Crippen LogP contribution >= 0.6 is 0 Å². The fourth-order valence-electron chi connectivity index (χ4n) is 1.81. The largest absolute Gasteiger partial charge is 0.309 e. The second kappa shape index (κ2) is 6.70. The zero-order chi connectivity index (χ0) is 12.8. The molecule has 1 rings (SSSR count). The van der Waals surface area contributed by atoms with Crippen LogP contribution in [0.5, 0.6) is 0 Å². The van der Waals surface area contributed by atoms with Gasteiger partial charge in [-0.3, -0.25) is 0 Å². The molecule has 0 bridgehead atoms. The highest BCUT2D eigenvalue weighted by molar-refractivity contribution is 5.25. The van der Waals surface area contributed by atoms with E-state index in [0.717, 1.165) is 5.56 Å². The first kappa shape index (κ1) is 14.1. The zero-order valence-corrected chi connectivity index (χ0v) is 10.7. The molecule has 1 aromatic rings. The third-order valence-electron chi connectivity index (χ3n) is 2.87. The van der Waals surface area contributed by atoms with Gasteiger partial charge in [-0.2, -0.15) is 0 Å². The van der Waals surface area contributed by atoms with Crippen LogP contribution in [-0.2, 0) is 6.42 Å². The van der Waals surface area contributed by atoms with E-state index < -0.39 is 12.5 Å². The Morgan fingerprint density at radius 3 is 2.12 bits per heavy atom. The molecule has 0 aliphatic rings. The average Bonchev–Trinajstić information content (AvgIpc) is 2.29. The molecule has 0 spiro atoms. The molecular formula is C14H21F2N. The minimum Gasteiger partial charge on any atom is -0.309 e. The quantitative estimate of drug-likeness (QED) is 0.802. The molecule has 0 fully saturated rings. The molecule has 1 aromatic carbocycles. The van der Waals surface area contributed by atoms with Gasteiger partial charge in [0.1, 0.15) is 0 Å². The van der Waals surface area contributed by atoms with Crippen molar-refractivity contribution in [3.05, 3.63) is 35.4 Å². The van der Waals surface area contributed by atoms with Gasteiger partial charge in [0.25, 0.3) is 6.43 Å².